The zero-order valence-corrected chi connectivity index (χ0v) is 16.0. The molecule has 0 radical (unpaired) electrons. The summed E-state index contributed by atoms with van der Waals surface area (Å²) in [6.45, 7) is 1.48. The number of rotatable bonds is 6. The van der Waals surface area contributed by atoms with Gasteiger partial charge in [0, 0.05) is 11.1 Å². The fourth-order valence-electron chi connectivity index (χ4n) is 2.74. The molecule has 9 heteroatoms. The molecule has 3 rings (SSSR count). The number of carbonyl (C=O) groups excluding carboxylic acids is 1. The van der Waals surface area contributed by atoms with Crippen molar-refractivity contribution in [3.63, 3.8) is 0 Å². The van der Waals surface area contributed by atoms with Crippen molar-refractivity contribution < 1.29 is 22.4 Å². The van der Waals surface area contributed by atoms with Crippen LogP contribution in [0.3, 0.4) is 0 Å². The Bertz CT molecular complexity index is 1170. The first-order chi connectivity index (χ1) is 13.4. The molecule has 144 valence electrons. The first-order valence-corrected chi connectivity index (χ1v) is 9.69. The molecule has 2 aromatic carbocycles. The second kappa shape index (κ2) is 7.62. The summed E-state index contributed by atoms with van der Waals surface area (Å²) in [6, 6.07) is 12.4. The zero-order valence-electron chi connectivity index (χ0n) is 15.1. The lowest BCUT2D eigenvalue weighted by atomic mass is 10.1. The van der Waals surface area contributed by atoms with Crippen molar-refractivity contribution in [1.82, 2.24) is 5.32 Å². The number of hydrogen-bond acceptors (Lipinski definition) is 6. The molecule has 0 aliphatic rings. The van der Waals surface area contributed by atoms with Gasteiger partial charge in [0.15, 0.2) is 0 Å². The van der Waals surface area contributed by atoms with Crippen LogP contribution in [0.25, 0.3) is 11.0 Å². The number of nitrogens with zero attached hydrogens (tertiary/aromatic N) is 1. The third kappa shape index (κ3) is 3.77. The molecule has 2 N–H and O–H groups in total. The SMILES string of the molecule is COc1ccc(S(=O)(=O)Nc2ccc3oc(C)c(C(=O)NCC#N)c3c2)cc1. The molecule has 1 heterocycles. The number of benzene rings is 2. The van der Waals surface area contributed by atoms with Crippen LogP contribution < -0.4 is 14.8 Å². The first kappa shape index (κ1) is 19.3. The van der Waals surface area contributed by atoms with E-state index in [9.17, 15) is 13.2 Å². The molecule has 1 aromatic heterocycles. The van der Waals surface area contributed by atoms with Gasteiger partial charge in [0.05, 0.1) is 23.6 Å². The second-order valence-electron chi connectivity index (χ2n) is 5.87. The molecule has 0 spiro atoms. The largest absolute Gasteiger partial charge is 0.497 e. The molecular formula is C19H17N3O5S. The molecule has 28 heavy (non-hydrogen) atoms. The Morgan fingerprint density at radius 1 is 1.21 bits per heavy atom. The van der Waals surface area contributed by atoms with Gasteiger partial charge in [-0.1, -0.05) is 0 Å². The number of fused-ring (bicyclic) bond motifs is 1. The van der Waals surface area contributed by atoms with Crippen LogP contribution in [0.15, 0.2) is 51.8 Å². The number of ether oxygens (including phenoxy) is 1. The Balaban J connectivity index is 1.95. The third-order valence-corrected chi connectivity index (χ3v) is 5.44. The summed E-state index contributed by atoms with van der Waals surface area (Å²) in [5, 5.41) is 11.5. The van der Waals surface area contributed by atoms with Gasteiger partial charge in [0.2, 0.25) is 0 Å². The Hall–Kier alpha value is -3.51. The molecule has 0 fully saturated rings. The van der Waals surface area contributed by atoms with Gasteiger partial charge in [-0.25, -0.2) is 8.42 Å². The van der Waals surface area contributed by atoms with Crippen molar-refractivity contribution in [3.8, 4) is 11.8 Å². The zero-order chi connectivity index (χ0) is 20.3. The maximum atomic E-state index is 12.6. The standard InChI is InChI=1S/C19H17N3O5S/c1-12-18(19(23)21-10-9-20)16-11-13(3-8-17(16)27-12)22-28(24,25)15-6-4-14(26-2)5-7-15/h3-8,11,22H,10H2,1-2H3,(H,21,23). The highest BCUT2D eigenvalue weighted by atomic mass is 32.2. The number of sulfonamides is 1. The highest BCUT2D eigenvalue weighted by Gasteiger charge is 2.20. The molecule has 0 saturated heterocycles. The maximum Gasteiger partial charge on any atom is 0.261 e. The van der Waals surface area contributed by atoms with Gasteiger partial charge >= 0.3 is 0 Å². The normalized spacial score (nSPS) is 11.0. The summed E-state index contributed by atoms with van der Waals surface area (Å²) in [5.74, 6) is 0.454. The van der Waals surface area contributed by atoms with E-state index in [0.29, 0.717) is 22.5 Å². The topological polar surface area (TPSA) is 121 Å². The number of carbonyl (C=O) groups is 1. The van der Waals surface area contributed by atoms with Crippen LogP contribution in [-0.4, -0.2) is 28.0 Å². The van der Waals surface area contributed by atoms with Crippen LogP contribution in [0.2, 0.25) is 0 Å². The molecule has 3 aromatic rings. The second-order valence-corrected chi connectivity index (χ2v) is 7.55. The molecule has 0 unspecified atom stereocenters. The van der Waals surface area contributed by atoms with Crippen LogP contribution >= 0.6 is 0 Å². The van der Waals surface area contributed by atoms with Gasteiger partial charge in [-0.3, -0.25) is 9.52 Å². The fraction of sp³-hybridized carbons (Fsp3) is 0.158. The molecule has 0 aliphatic carbocycles. The van der Waals surface area contributed by atoms with Crippen molar-refractivity contribution >= 4 is 32.6 Å². The average Bonchev–Trinajstić information content (AvgIpc) is 3.01. The fourth-order valence-corrected chi connectivity index (χ4v) is 3.79. The van der Waals surface area contributed by atoms with E-state index in [4.69, 9.17) is 14.4 Å². The number of hydrogen-bond donors (Lipinski definition) is 2. The number of furan rings is 1. The summed E-state index contributed by atoms with van der Waals surface area (Å²) in [6.07, 6.45) is 0. The maximum absolute atomic E-state index is 12.6. The van der Waals surface area contributed by atoms with Crippen LogP contribution in [0, 0.1) is 18.3 Å². The monoisotopic (exact) mass is 399 g/mol. The van der Waals surface area contributed by atoms with Crippen molar-refractivity contribution in [2.75, 3.05) is 18.4 Å². The number of aryl methyl sites for hydroxylation is 1. The lowest BCUT2D eigenvalue weighted by Crippen LogP contribution is -2.23. The van der Waals surface area contributed by atoms with E-state index in [1.54, 1.807) is 31.2 Å². The van der Waals surface area contributed by atoms with Crippen LogP contribution in [0.1, 0.15) is 16.1 Å². The van der Waals surface area contributed by atoms with E-state index < -0.39 is 15.9 Å². The van der Waals surface area contributed by atoms with E-state index in [1.807, 2.05) is 6.07 Å². The van der Waals surface area contributed by atoms with Gasteiger partial charge in [-0.2, -0.15) is 5.26 Å². The number of nitriles is 1. The summed E-state index contributed by atoms with van der Waals surface area (Å²) >= 11 is 0. The Labute approximate surface area is 161 Å². The van der Waals surface area contributed by atoms with E-state index >= 15 is 0 Å². The quantitative estimate of drug-likeness (QED) is 0.615. The number of nitrogens with one attached hydrogen (secondary N) is 2. The minimum atomic E-state index is -3.83. The van der Waals surface area contributed by atoms with E-state index in [0.717, 1.165) is 0 Å². The van der Waals surface area contributed by atoms with Crippen molar-refractivity contribution in [2.24, 2.45) is 0 Å². The van der Waals surface area contributed by atoms with Crippen molar-refractivity contribution in [3.05, 3.63) is 53.8 Å². The molecule has 0 aliphatic heterocycles. The van der Waals surface area contributed by atoms with Gasteiger partial charge in [0.25, 0.3) is 15.9 Å². The highest BCUT2D eigenvalue weighted by Crippen LogP contribution is 2.29. The van der Waals surface area contributed by atoms with Gasteiger partial charge in [-0.05, 0) is 49.4 Å². The Kier molecular flexibility index (Phi) is 5.24. The van der Waals surface area contributed by atoms with Gasteiger partial charge in [0.1, 0.15) is 23.6 Å². The molecule has 0 atom stereocenters. The molecule has 1 amide bonds. The van der Waals surface area contributed by atoms with E-state index in [1.165, 1.54) is 25.3 Å². The van der Waals surface area contributed by atoms with E-state index in [-0.39, 0.29) is 22.7 Å². The molecule has 8 nitrogen and oxygen atoms in total. The van der Waals surface area contributed by atoms with Crippen LogP contribution in [-0.2, 0) is 10.0 Å². The predicted octanol–water partition coefficient (Wildman–Crippen LogP) is 2.80. The molecule has 0 saturated carbocycles. The summed E-state index contributed by atoms with van der Waals surface area (Å²) in [4.78, 5) is 12.4. The minimum absolute atomic E-state index is 0.0729. The Morgan fingerprint density at radius 3 is 2.57 bits per heavy atom. The van der Waals surface area contributed by atoms with E-state index in [2.05, 4.69) is 10.0 Å². The average molecular weight is 399 g/mol. The van der Waals surface area contributed by atoms with Crippen LogP contribution in [0.5, 0.6) is 5.75 Å². The van der Waals surface area contributed by atoms with Gasteiger partial charge < -0.3 is 14.5 Å². The number of methoxy groups -OCH3 is 1. The summed E-state index contributed by atoms with van der Waals surface area (Å²) in [7, 11) is -2.33. The van der Waals surface area contributed by atoms with Crippen molar-refractivity contribution in [1.29, 1.82) is 5.26 Å². The third-order valence-electron chi connectivity index (χ3n) is 4.04. The summed E-state index contributed by atoms with van der Waals surface area (Å²) in [5.41, 5.74) is 0.973. The number of anilines is 1. The number of amides is 1. The Morgan fingerprint density at radius 2 is 1.93 bits per heavy atom. The summed E-state index contributed by atoms with van der Waals surface area (Å²) < 4.78 is 38.3. The minimum Gasteiger partial charge on any atom is -0.497 e. The smallest absolute Gasteiger partial charge is 0.261 e. The predicted molar refractivity (Wildman–Crippen MR) is 103 cm³/mol. The van der Waals surface area contributed by atoms with Gasteiger partial charge in [-0.15, -0.1) is 0 Å². The highest BCUT2D eigenvalue weighted by molar-refractivity contribution is 7.92. The van der Waals surface area contributed by atoms with Crippen LogP contribution in [0.4, 0.5) is 5.69 Å². The molecular weight excluding hydrogens is 382 g/mol. The lowest BCUT2D eigenvalue weighted by molar-refractivity contribution is 0.0958. The van der Waals surface area contributed by atoms with Crippen molar-refractivity contribution in [2.45, 2.75) is 11.8 Å². The lowest BCUT2D eigenvalue weighted by Gasteiger charge is -2.09. The first-order valence-electron chi connectivity index (χ1n) is 8.21. The molecule has 0 bridgehead atoms.